The molecule has 0 saturated heterocycles. The van der Waals surface area contributed by atoms with Crippen LogP contribution < -0.4 is 0 Å². The minimum absolute atomic E-state index is 0.0198. The highest BCUT2D eigenvalue weighted by Crippen LogP contribution is 2.40. The minimum Gasteiger partial charge on any atom is -0.506 e. The third-order valence-electron chi connectivity index (χ3n) is 4.04. The molecule has 0 unspecified atom stereocenters. The van der Waals surface area contributed by atoms with Crippen molar-refractivity contribution in [3.8, 4) is 0 Å². The highest BCUT2D eigenvalue weighted by Gasteiger charge is 2.33. The first kappa shape index (κ1) is 20.3. The van der Waals surface area contributed by atoms with Crippen LogP contribution in [0.5, 0.6) is 0 Å². The zero-order valence-electron chi connectivity index (χ0n) is 15.8. The molecule has 0 aromatic heterocycles. The van der Waals surface area contributed by atoms with Gasteiger partial charge in [-0.3, -0.25) is 10.1 Å². The number of aryl methyl sites for hydroxylation is 1. The molecule has 2 aromatic carbocycles. The van der Waals surface area contributed by atoms with E-state index in [0.717, 1.165) is 22.9 Å². The largest absolute Gasteiger partial charge is 0.506 e. The number of ether oxygens (including phenoxy) is 1. The summed E-state index contributed by atoms with van der Waals surface area (Å²) >= 11 is 1.14. The topological polar surface area (TPSA) is 102 Å². The molecule has 29 heavy (non-hydrogen) atoms. The molecule has 1 aliphatic rings. The first-order chi connectivity index (χ1) is 13.9. The van der Waals surface area contributed by atoms with Gasteiger partial charge in [0.1, 0.15) is 16.4 Å². The third kappa shape index (κ3) is 4.72. The van der Waals surface area contributed by atoms with Gasteiger partial charge in [-0.2, -0.15) is 0 Å². The normalized spacial score (nSPS) is 16.5. The van der Waals surface area contributed by atoms with Gasteiger partial charge in [-0.05, 0) is 37.6 Å². The molecule has 8 heteroatoms. The summed E-state index contributed by atoms with van der Waals surface area (Å²) in [5, 5.41) is 21.7. The second-order valence-electron chi connectivity index (χ2n) is 6.16. The van der Waals surface area contributed by atoms with E-state index < -0.39 is 10.9 Å². The predicted octanol–water partition coefficient (Wildman–Crippen LogP) is 5.10. The predicted molar refractivity (Wildman–Crippen MR) is 113 cm³/mol. The first-order valence-corrected chi connectivity index (χ1v) is 9.61. The molecule has 0 radical (unpaired) electrons. The summed E-state index contributed by atoms with van der Waals surface area (Å²) in [5.74, 6) is -0.875. The summed E-state index contributed by atoms with van der Waals surface area (Å²) in [5.41, 5.74) is 2.32. The van der Waals surface area contributed by atoms with Gasteiger partial charge in [-0.25, -0.2) is 9.79 Å². The summed E-state index contributed by atoms with van der Waals surface area (Å²) in [7, 11) is 0. The number of aliphatic hydroxyl groups excluding tert-OH is 1. The number of thioether (sulfide) groups is 1. The maximum absolute atomic E-state index is 12.4. The van der Waals surface area contributed by atoms with E-state index in [1.165, 1.54) is 24.3 Å². The highest BCUT2D eigenvalue weighted by atomic mass is 32.2. The van der Waals surface area contributed by atoms with Crippen LogP contribution in [-0.4, -0.2) is 27.6 Å². The first-order valence-electron chi connectivity index (χ1n) is 8.79. The Kier molecular flexibility index (Phi) is 6.13. The van der Waals surface area contributed by atoms with Crippen LogP contribution in [0.2, 0.25) is 0 Å². The van der Waals surface area contributed by atoms with E-state index in [-0.39, 0.29) is 28.7 Å². The number of aliphatic imine (C=N–C) groups is 1. The van der Waals surface area contributed by atoms with E-state index >= 15 is 0 Å². The fraction of sp³-hybridized carbons (Fsp3) is 0.143. The number of carbonyl (C=O) groups excluding carboxylic acids is 1. The Morgan fingerprint density at radius 3 is 2.45 bits per heavy atom. The number of nitro groups is 1. The van der Waals surface area contributed by atoms with Gasteiger partial charge in [0.05, 0.1) is 22.1 Å². The summed E-state index contributed by atoms with van der Waals surface area (Å²) in [4.78, 5) is 27.6. The van der Waals surface area contributed by atoms with Gasteiger partial charge in [0.2, 0.25) is 0 Å². The van der Waals surface area contributed by atoms with Crippen LogP contribution in [0.4, 0.5) is 11.4 Å². The Bertz CT molecular complexity index is 1040. The van der Waals surface area contributed by atoms with Gasteiger partial charge in [-0.1, -0.05) is 41.6 Å². The van der Waals surface area contributed by atoms with E-state index in [9.17, 15) is 20.0 Å². The van der Waals surface area contributed by atoms with Gasteiger partial charge in [0, 0.05) is 12.1 Å². The van der Waals surface area contributed by atoms with Crippen molar-refractivity contribution in [3.05, 3.63) is 86.0 Å². The average Bonchev–Trinajstić information content (AvgIpc) is 2.99. The van der Waals surface area contributed by atoms with Crippen molar-refractivity contribution in [2.45, 2.75) is 13.8 Å². The molecule has 1 heterocycles. The number of nitrogens with zero attached hydrogens (tertiary/aromatic N) is 2. The lowest BCUT2D eigenvalue weighted by molar-refractivity contribution is -0.384. The van der Waals surface area contributed by atoms with Crippen molar-refractivity contribution in [1.29, 1.82) is 0 Å². The van der Waals surface area contributed by atoms with Gasteiger partial charge >= 0.3 is 5.97 Å². The quantitative estimate of drug-likeness (QED) is 0.418. The van der Waals surface area contributed by atoms with E-state index in [2.05, 4.69) is 4.99 Å². The number of nitro benzene ring substituents is 1. The SMILES string of the molecule is CCOC(=O)C1=C(O)C(=Cc2ccc(C)cc2)SC1=Nc1ccc([N+](=O)[O-])cc1. The number of rotatable bonds is 5. The van der Waals surface area contributed by atoms with Crippen molar-refractivity contribution < 1.29 is 19.6 Å². The summed E-state index contributed by atoms with van der Waals surface area (Å²) < 4.78 is 5.06. The van der Waals surface area contributed by atoms with Crippen LogP contribution in [0.1, 0.15) is 18.1 Å². The van der Waals surface area contributed by atoms with Crippen LogP contribution in [0.25, 0.3) is 6.08 Å². The highest BCUT2D eigenvalue weighted by molar-refractivity contribution is 8.18. The number of esters is 1. The Balaban J connectivity index is 2.00. The molecule has 1 aliphatic heterocycles. The van der Waals surface area contributed by atoms with Crippen molar-refractivity contribution in [1.82, 2.24) is 0 Å². The standard InChI is InChI=1S/C21H18N2O5S/c1-3-28-21(25)18-19(24)17(12-14-6-4-13(2)5-7-14)29-20(18)22-15-8-10-16(11-9-15)23(26)27/h4-12,24H,3H2,1-2H3. The Hall–Kier alpha value is -3.39. The third-order valence-corrected chi connectivity index (χ3v) is 5.06. The molecule has 0 atom stereocenters. The molecule has 3 rings (SSSR count). The number of benzene rings is 2. The van der Waals surface area contributed by atoms with Gasteiger partial charge < -0.3 is 9.84 Å². The van der Waals surface area contributed by atoms with E-state index in [1.807, 2.05) is 31.2 Å². The van der Waals surface area contributed by atoms with Crippen LogP contribution in [0, 0.1) is 17.0 Å². The molecule has 2 aromatic rings. The molecule has 0 bridgehead atoms. The fourth-order valence-corrected chi connectivity index (χ4v) is 3.61. The number of carbonyl (C=O) groups is 1. The lowest BCUT2D eigenvalue weighted by Gasteiger charge is -2.03. The number of hydrogen-bond acceptors (Lipinski definition) is 7. The van der Waals surface area contributed by atoms with Crippen molar-refractivity contribution in [3.63, 3.8) is 0 Å². The molecule has 0 fully saturated rings. The van der Waals surface area contributed by atoms with Crippen molar-refractivity contribution in [2.24, 2.45) is 4.99 Å². The number of hydrogen-bond donors (Lipinski definition) is 1. The Morgan fingerprint density at radius 2 is 1.86 bits per heavy atom. The van der Waals surface area contributed by atoms with Crippen molar-refractivity contribution >= 4 is 40.2 Å². The monoisotopic (exact) mass is 410 g/mol. The van der Waals surface area contributed by atoms with E-state index in [1.54, 1.807) is 13.0 Å². The van der Waals surface area contributed by atoms with Gasteiger partial charge in [-0.15, -0.1) is 0 Å². The summed E-state index contributed by atoms with van der Waals surface area (Å²) in [6.45, 7) is 3.81. The molecular weight excluding hydrogens is 392 g/mol. The Labute approximate surface area is 171 Å². The fourth-order valence-electron chi connectivity index (χ4n) is 2.57. The van der Waals surface area contributed by atoms with E-state index in [4.69, 9.17) is 4.74 Å². The zero-order valence-corrected chi connectivity index (χ0v) is 16.6. The number of non-ortho nitro benzene ring substituents is 1. The number of aliphatic hydroxyl groups is 1. The lowest BCUT2D eigenvalue weighted by atomic mass is 10.1. The van der Waals surface area contributed by atoms with Crippen LogP contribution in [-0.2, 0) is 9.53 Å². The maximum Gasteiger partial charge on any atom is 0.344 e. The Morgan fingerprint density at radius 1 is 1.21 bits per heavy atom. The van der Waals surface area contributed by atoms with E-state index in [0.29, 0.717) is 10.6 Å². The molecule has 0 spiro atoms. The smallest absolute Gasteiger partial charge is 0.344 e. The molecule has 0 saturated carbocycles. The minimum atomic E-state index is -0.675. The molecule has 7 nitrogen and oxygen atoms in total. The molecule has 1 N–H and O–H groups in total. The maximum atomic E-state index is 12.4. The second kappa shape index (κ2) is 8.74. The molecular formula is C21H18N2O5S. The van der Waals surface area contributed by atoms with Gasteiger partial charge in [0.15, 0.2) is 0 Å². The zero-order chi connectivity index (χ0) is 21.0. The van der Waals surface area contributed by atoms with Crippen LogP contribution >= 0.6 is 11.8 Å². The molecule has 0 aliphatic carbocycles. The second-order valence-corrected chi connectivity index (χ2v) is 7.19. The molecule has 148 valence electrons. The van der Waals surface area contributed by atoms with Crippen LogP contribution in [0.3, 0.4) is 0 Å². The summed E-state index contributed by atoms with van der Waals surface area (Å²) in [6, 6.07) is 13.3. The summed E-state index contributed by atoms with van der Waals surface area (Å²) in [6.07, 6.45) is 1.76. The lowest BCUT2D eigenvalue weighted by Crippen LogP contribution is -2.12. The molecule has 0 amide bonds. The van der Waals surface area contributed by atoms with Crippen molar-refractivity contribution in [2.75, 3.05) is 6.61 Å². The van der Waals surface area contributed by atoms with Crippen LogP contribution in [0.15, 0.2) is 69.8 Å². The average molecular weight is 410 g/mol. The van der Waals surface area contributed by atoms with Gasteiger partial charge in [0.25, 0.3) is 5.69 Å².